The third-order valence-electron chi connectivity index (χ3n) is 7.44. The molecule has 2 aliphatic heterocycles. The van der Waals surface area contributed by atoms with Crippen molar-refractivity contribution in [2.45, 2.75) is 46.6 Å². The lowest BCUT2D eigenvalue weighted by Gasteiger charge is -2.17. The van der Waals surface area contributed by atoms with Crippen LogP contribution in [0, 0.1) is 34.5 Å². The summed E-state index contributed by atoms with van der Waals surface area (Å²) in [6.07, 6.45) is 4.28. The lowest BCUT2D eigenvalue weighted by molar-refractivity contribution is -0.128. The van der Waals surface area contributed by atoms with Gasteiger partial charge in [-0.2, -0.15) is 5.26 Å². The molecule has 7 nitrogen and oxygen atoms in total. The second kappa shape index (κ2) is 7.47. The van der Waals surface area contributed by atoms with Gasteiger partial charge in [-0.1, -0.05) is 13.8 Å². The highest BCUT2D eigenvalue weighted by atomic mass is 16.2. The number of amides is 2. The molecule has 5 rings (SSSR count). The number of nitrogens with zero attached hydrogens (tertiary/aromatic N) is 4. The highest BCUT2D eigenvalue weighted by Gasteiger charge is 2.44. The molecule has 2 amide bonds. The monoisotopic (exact) mass is 431 g/mol. The van der Waals surface area contributed by atoms with Crippen LogP contribution >= 0.6 is 0 Å². The van der Waals surface area contributed by atoms with Gasteiger partial charge in [0.2, 0.25) is 11.8 Å². The molecule has 2 atom stereocenters. The molecule has 32 heavy (non-hydrogen) atoms. The van der Waals surface area contributed by atoms with Crippen LogP contribution in [-0.4, -0.2) is 39.4 Å². The molecule has 0 aromatic carbocycles. The first-order valence-corrected chi connectivity index (χ1v) is 11.4. The summed E-state index contributed by atoms with van der Waals surface area (Å²) in [5, 5.41) is 12.6. The van der Waals surface area contributed by atoms with Crippen molar-refractivity contribution < 1.29 is 9.59 Å². The molecule has 1 saturated carbocycles. The molecule has 1 saturated heterocycles. The smallest absolute Gasteiger partial charge is 0.228 e. The molecule has 0 spiro atoms. The number of fused-ring (bicyclic) bond motifs is 2. The molecule has 1 N–H and O–H groups in total. The molecule has 2 unspecified atom stereocenters. The van der Waals surface area contributed by atoms with Gasteiger partial charge in [0.25, 0.3) is 0 Å². The Morgan fingerprint density at radius 1 is 1.22 bits per heavy atom. The molecule has 7 heteroatoms. The predicted octanol–water partition coefficient (Wildman–Crippen LogP) is 3.45. The number of hydrogen-bond donors (Lipinski definition) is 1. The van der Waals surface area contributed by atoms with Gasteiger partial charge >= 0.3 is 0 Å². The van der Waals surface area contributed by atoms with E-state index in [-0.39, 0.29) is 23.1 Å². The average Bonchev–Trinajstić information content (AvgIpc) is 3.45. The fourth-order valence-corrected chi connectivity index (χ4v) is 5.91. The summed E-state index contributed by atoms with van der Waals surface area (Å²) in [7, 11) is 0. The number of carbonyl (C=O) groups is 2. The van der Waals surface area contributed by atoms with Gasteiger partial charge in [-0.3, -0.25) is 9.59 Å². The second-order valence-electron chi connectivity index (χ2n) is 10.5. The van der Waals surface area contributed by atoms with Gasteiger partial charge in [0.1, 0.15) is 17.6 Å². The number of likely N-dealkylation sites (tertiary alicyclic amines) is 1. The zero-order valence-corrected chi connectivity index (χ0v) is 18.9. The minimum atomic E-state index is -0.0331. The van der Waals surface area contributed by atoms with E-state index in [2.05, 4.69) is 34.8 Å². The van der Waals surface area contributed by atoms with Crippen LogP contribution in [0.3, 0.4) is 0 Å². The third-order valence-corrected chi connectivity index (χ3v) is 7.44. The molecule has 2 aromatic heterocycles. The number of nitrogens with one attached hydrogen (secondary N) is 1. The number of pyridine rings is 1. The quantitative estimate of drug-likeness (QED) is 0.806. The third kappa shape index (κ3) is 3.58. The number of nitriles is 1. The number of aromatic nitrogens is 2. The molecular weight excluding hydrogens is 402 g/mol. The van der Waals surface area contributed by atoms with E-state index in [9.17, 15) is 14.9 Å². The maximum absolute atomic E-state index is 13.0. The summed E-state index contributed by atoms with van der Waals surface area (Å²) >= 11 is 0. The normalized spacial score (nSPS) is 25.3. The van der Waals surface area contributed by atoms with Crippen molar-refractivity contribution in [1.82, 2.24) is 14.5 Å². The molecule has 1 aliphatic carbocycles. The van der Waals surface area contributed by atoms with E-state index in [1.165, 1.54) is 5.69 Å². The highest BCUT2D eigenvalue weighted by Crippen LogP contribution is 2.42. The van der Waals surface area contributed by atoms with Crippen LogP contribution in [0.4, 0.5) is 5.82 Å². The molecule has 0 bridgehead atoms. The van der Waals surface area contributed by atoms with Crippen LogP contribution in [0.1, 0.15) is 45.0 Å². The lowest BCUT2D eigenvalue weighted by Crippen LogP contribution is -2.29. The Kier molecular flexibility index (Phi) is 4.85. The van der Waals surface area contributed by atoms with Crippen molar-refractivity contribution in [3.8, 4) is 17.2 Å². The number of hydrogen-bond acceptors (Lipinski definition) is 4. The zero-order chi connectivity index (χ0) is 22.6. The first-order chi connectivity index (χ1) is 15.2. The fraction of sp³-hybridized carbons (Fsp3) is 0.520. The van der Waals surface area contributed by atoms with Crippen molar-refractivity contribution in [3.05, 3.63) is 35.8 Å². The Bertz CT molecular complexity index is 1130. The van der Waals surface area contributed by atoms with Crippen LogP contribution in [0.2, 0.25) is 0 Å². The summed E-state index contributed by atoms with van der Waals surface area (Å²) in [5.74, 6) is 1.50. The van der Waals surface area contributed by atoms with E-state index in [4.69, 9.17) is 0 Å². The van der Waals surface area contributed by atoms with Crippen LogP contribution in [-0.2, 0) is 22.6 Å². The van der Waals surface area contributed by atoms with Crippen molar-refractivity contribution >= 4 is 17.6 Å². The minimum absolute atomic E-state index is 0.0133. The Labute approximate surface area is 188 Å². The number of carbonyl (C=O) groups excluding carboxylic acids is 2. The van der Waals surface area contributed by atoms with E-state index in [0.717, 1.165) is 50.0 Å². The summed E-state index contributed by atoms with van der Waals surface area (Å²) in [5.41, 5.74) is 4.00. The van der Waals surface area contributed by atoms with Crippen LogP contribution < -0.4 is 5.32 Å². The molecule has 2 aromatic rings. The van der Waals surface area contributed by atoms with Gasteiger partial charge in [-0.25, -0.2) is 4.98 Å². The van der Waals surface area contributed by atoms with Gasteiger partial charge in [0.15, 0.2) is 0 Å². The highest BCUT2D eigenvalue weighted by molar-refractivity contribution is 5.92. The number of rotatable bonds is 3. The van der Waals surface area contributed by atoms with E-state index >= 15 is 0 Å². The summed E-state index contributed by atoms with van der Waals surface area (Å²) in [6.45, 7) is 8.44. The van der Waals surface area contributed by atoms with E-state index in [1.807, 2.05) is 23.1 Å². The van der Waals surface area contributed by atoms with Gasteiger partial charge in [-0.15, -0.1) is 0 Å². The molecule has 2 fully saturated rings. The van der Waals surface area contributed by atoms with Crippen molar-refractivity contribution in [1.29, 1.82) is 5.26 Å². The number of anilines is 1. The fourth-order valence-electron chi connectivity index (χ4n) is 5.91. The van der Waals surface area contributed by atoms with E-state index in [1.54, 1.807) is 13.1 Å². The Balaban J connectivity index is 1.31. The maximum Gasteiger partial charge on any atom is 0.228 e. The van der Waals surface area contributed by atoms with Gasteiger partial charge in [0, 0.05) is 49.9 Å². The van der Waals surface area contributed by atoms with E-state index in [0.29, 0.717) is 23.3 Å². The standard InChI is InChI=1S/C25H29N5O2/c1-15(31)29-12-18-6-17(7-19(18)13-29)24(32)28-23-8-16(4-5-27-23)21-9-20(11-26)30-14-25(2,3)10-22(21)30/h4-5,8-9,17-19H,6-7,10,12-14H2,1-3H3,(H,27,28,32). The first-order valence-electron chi connectivity index (χ1n) is 11.4. The van der Waals surface area contributed by atoms with Crippen molar-refractivity contribution in [2.75, 3.05) is 18.4 Å². The van der Waals surface area contributed by atoms with Gasteiger partial charge < -0.3 is 14.8 Å². The first kappa shape index (κ1) is 20.7. The predicted molar refractivity (Wildman–Crippen MR) is 120 cm³/mol. The van der Waals surface area contributed by atoms with Gasteiger partial charge in [0.05, 0.1) is 0 Å². The second-order valence-corrected chi connectivity index (χ2v) is 10.5. The summed E-state index contributed by atoms with van der Waals surface area (Å²) < 4.78 is 2.12. The molecule has 166 valence electrons. The van der Waals surface area contributed by atoms with Crippen LogP contribution in [0.5, 0.6) is 0 Å². The Morgan fingerprint density at radius 2 is 1.94 bits per heavy atom. The average molecular weight is 432 g/mol. The van der Waals surface area contributed by atoms with Crippen LogP contribution in [0.15, 0.2) is 24.4 Å². The SMILES string of the molecule is CC(=O)N1CC2CC(C(=O)Nc3cc(-c4cc(C#N)n5c4CC(C)(C)C5)ccn3)CC2C1. The van der Waals surface area contributed by atoms with Crippen molar-refractivity contribution in [3.63, 3.8) is 0 Å². The molecule has 3 aliphatic rings. The van der Waals surface area contributed by atoms with E-state index < -0.39 is 0 Å². The van der Waals surface area contributed by atoms with Gasteiger partial charge in [-0.05, 0) is 60.3 Å². The zero-order valence-electron chi connectivity index (χ0n) is 18.9. The molecular formula is C25H29N5O2. The molecule has 4 heterocycles. The lowest BCUT2D eigenvalue weighted by atomic mass is 9.89. The Hall–Kier alpha value is -3.14. The molecule has 0 radical (unpaired) electrons. The largest absolute Gasteiger partial charge is 0.342 e. The summed E-state index contributed by atoms with van der Waals surface area (Å²) in [6, 6.07) is 8.12. The topological polar surface area (TPSA) is 91.0 Å². The maximum atomic E-state index is 13.0. The Morgan fingerprint density at radius 3 is 2.59 bits per heavy atom. The summed E-state index contributed by atoms with van der Waals surface area (Å²) in [4.78, 5) is 30.9. The van der Waals surface area contributed by atoms with Crippen molar-refractivity contribution in [2.24, 2.45) is 23.2 Å². The minimum Gasteiger partial charge on any atom is -0.342 e. The van der Waals surface area contributed by atoms with Crippen LogP contribution in [0.25, 0.3) is 11.1 Å².